The van der Waals surface area contributed by atoms with E-state index in [1.807, 2.05) is 31.2 Å². The smallest absolute Gasteiger partial charge is 0.122 e. The molecule has 1 fully saturated rings. The van der Waals surface area contributed by atoms with Crippen molar-refractivity contribution in [1.82, 2.24) is 0 Å². The molecule has 0 saturated heterocycles. The molecule has 0 heterocycles. The molecular weight excluding hydrogens is 216 g/mol. The minimum atomic E-state index is -0.617. The molecule has 0 amide bonds. The van der Waals surface area contributed by atoms with Gasteiger partial charge in [-0.15, -0.1) is 0 Å². The second-order valence-electron chi connectivity index (χ2n) is 4.70. The second-order valence-corrected chi connectivity index (χ2v) is 4.70. The zero-order valence-corrected chi connectivity index (χ0v) is 10.5. The Labute approximate surface area is 102 Å². The molecule has 0 radical (unpaired) electrons. The number of para-hydroxylation sites is 1. The molecule has 1 aliphatic carbocycles. The summed E-state index contributed by atoms with van der Waals surface area (Å²) in [4.78, 5) is 0. The van der Waals surface area contributed by atoms with E-state index in [2.05, 4.69) is 0 Å². The van der Waals surface area contributed by atoms with E-state index >= 15 is 0 Å². The van der Waals surface area contributed by atoms with Crippen LogP contribution in [-0.4, -0.2) is 30.5 Å². The Morgan fingerprint density at radius 3 is 2.71 bits per heavy atom. The van der Waals surface area contributed by atoms with Crippen molar-refractivity contribution in [1.29, 1.82) is 0 Å². The van der Waals surface area contributed by atoms with E-state index in [0.717, 1.165) is 30.8 Å². The molecule has 3 heteroatoms. The van der Waals surface area contributed by atoms with Crippen LogP contribution in [0.2, 0.25) is 0 Å². The van der Waals surface area contributed by atoms with E-state index in [4.69, 9.17) is 9.47 Å². The first kappa shape index (κ1) is 12.4. The van der Waals surface area contributed by atoms with Gasteiger partial charge in [0.05, 0.1) is 18.8 Å². The molecule has 17 heavy (non-hydrogen) atoms. The van der Waals surface area contributed by atoms with Gasteiger partial charge in [0.15, 0.2) is 0 Å². The number of rotatable bonds is 5. The predicted molar refractivity (Wildman–Crippen MR) is 66.3 cm³/mol. The number of hydrogen-bond acceptors (Lipinski definition) is 3. The highest BCUT2D eigenvalue weighted by molar-refractivity contribution is 5.34. The first-order valence-electron chi connectivity index (χ1n) is 6.13. The average Bonchev–Trinajstić information content (AvgIpc) is 2.28. The Kier molecular flexibility index (Phi) is 3.69. The quantitative estimate of drug-likeness (QED) is 0.851. The summed E-state index contributed by atoms with van der Waals surface area (Å²) in [6.07, 6.45) is 2.30. The molecule has 0 bridgehead atoms. The maximum atomic E-state index is 10.3. The van der Waals surface area contributed by atoms with Gasteiger partial charge < -0.3 is 14.6 Å². The lowest BCUT2D eigenvalue weighted by atomic mass is 9.73. The minimum absolute atomic E-state index is 0.222. The summed E-state index contributed by atoms with van der Waals surface area (Å²) in [5, 5.41) is 10.3. The monoisotopic (exact) mass is 236 g/mol. The Morgan fingerprint density at radius 2 is 2.06 bits per heavy atom. The first-order chi connectivity index (χ1) is 8.17. The van der Waals surface area contributed by atoms with Crippen LogP contribution < -0.4 is 4.74 Å². The van der Waals surface area contributed by atoms with Crippen LogP contribution in [-0.2, 0) is 11.2 Å². The van der Waals surface area contributed by atoms with Gasteiger partial charge in [-0.1, -0.05) is 18.2 Å². The topological polar surface area (TPSA) is 38.7 Å². The van der Waals surface area contributed by atoms with Gasteiger partial charge >= 0.3 is 0 Å². The second kappa shape index (κ2) is 5.07. The molecule has 1 N–H and O–H groups in total. The molecule has 3 nitrogen and oxygen atoms in total. The zero-order chi connectivity index (χ0) is 12.3. The van der Waals surface area contributed by atoms with Crippen LogP contribution in [0.1, 0.15) is 25.3 Å². The number of methoxy groups -OCH3 is 1. The molecular formula is C14H20O3. The lowest BCUT2D eigenvalue weighted by Gasteiger charge is -2.43. The molecule has 0 atom stereocenters. The molecule has 0 aromatic heterocycles. The van der Waals surface area contributed by atoms with Gasteiger partial charge in [0.25, 0.3) is 0 Å². The third-order valence-electron chi connectivity index (χ3n) is 3.33. The fourth-order valence-corrected chi connectivity index (χ4v) is 2.49. The lowest BCUT2D eigenvalue weighted by Crippen LogP contribution is -2.49. The van der Waals surface area contributed by atoms with Crippen LogP contribution in [0, 0.1) is 0 Å². The fraction of sp³-hybridized carbons (Fsp3) is 0.571. The standard InChI is InChI=1S/C14H20O3/c1-3-17-12-9-14(15,10-12)8-11-6-4-5-7-13(11)16-2/h4-7,12,15H,3,8-10H2,1-2H3. The predicted octanol–water partition coefficient (Wildman–Crippen LogP) is 2.17. The van der Waals surface area contributed by atoms with Crippen molar-refractivity contribution in [2.24, 2.45) is 0 Å². The van der Waals surface area contributed by atoms with Crippen LogP contribution in [0.25, 0.3) is 0 Å². The van der Waals surface area contributed by atoms with Gasteiger partial charge in [0.2, 0.25) is 0 Å². The molecule has 0 aliphatic heterocycles. The molecule has 1 aromatic carbocycles. The Hall–Kier alpha value is -1.06. The molecule has 1 aliphatic rings. The third kappa shape index (κ3) is 2.79. The summed E-state index contributed by atoms with van der Waals surface area (Å²) >= 11 is 0. The highest BCUT2D eigenvalue weighted by atomic mass is 16.5. The molecule has 1 saturated carbocycles. The van der Waals surface area contributed by atoms with Crippen molar-refractivity contribution in [2.45, 2.75) is 37.9 Å². The van der Waals surface area contributed by atoms with Crippen molar-refractivity contribution >= 4 is 0 Å². The van der Waals surface area contributed by atoms with E-state index in [9.17, 15) is 5.11 Å². The van der Waals surface area contributed by atoms with E-state index in [0.29, 0.717) is 6.42 Å². The van der Waals surface area contributed by atoms with Gasteiger partial charge in [-0.3, -0.25) is 0 Å². The molecule has 0 unspecified atom stereocenters. The number of benzene rings is 1. The average molecular weight is 236 g/mol. The Morgan fingerprint density at radius 1 is 1.35 bits per heavy atom. The van der Waals surface area contributed by atoms with Crippen molar-refractivity contribution in [2.75, 3.05) is 13.7 Å². The number of aliphatic hydroxyl groups is 1. The maximum Gasteiger partial charge on any atom is 0.122 e. The van der Waals surface area contributed by atoms with Crippen LogP contribution in [0.5, 0.6) is 5.75 Å². The van der Waals surface area contributed by atoms with Crippen molar-refractivity contribution in [3.63, 3.8) is 0 Å². The normalized spacial score (nSPS) is 27.6. The summed E-state index contributed by atoms with van der Waals surface area (Å²) in [5.74, 6) is 0.848. The third-order valence-corrected chi connectivity index (χ3v) is 3.33. The van der Waals surface area contributed by atoms with Gasteiger partial charge in [-0.25, -0.2) is 0 Å². The van der Waals surface area contributed by atoms with Crippen molar-refractivity contribution in [3.8, 4) is 5.75 Å². The SMILES string of the molecule is CCOC1CC(O)(Cc2ccccc2OC)C1. The minimum Gasteiger partial charge on any atom is -0.496 e. The van der Waals surface area contributed by atoms with Gasteiger partial charge in [-0.2, -0.15) is 0 Å². The summed E-state index contributed by atoms with van der Waals surface area (Å²) in [6.45, 7) is 2.70. The van der Waals surface area contributed by atoms with E-state index < -0.39 is 5.60 Å². The van der Waals surface area contributed by atoms with Crippen molar-refractivity contribution in [3.05, 3.63) is 29.8 Å². The fourth-order valence-electron chi connectivity index (χ4n) is 2.49. The van der Waals surface area contributed by atoms with Crippen LogP contribution in [0.15, 0.2) is 24.3 Å². The molecule has 94 valence electrons. The van der Waals surface area contributed by atoms with Crippen LogP contribution >= 0.6 is 0 Å². The van der Waals surface area contributed by atoms with E-state index in [1.165, 1.54) is 0 Å². The van der Waals surface area contributed by atoms with E-state index in [1.54, 1.807) is 7.11 Å². The van der Waals surface area contributed by atoms with Gasteiger partial charge in [-0.05, 0) is 18.6 Å². The highest BCUT2D eigenvalue weighted by Crippen LogP contribution is 2.38. The summed E-state index contributed by atoms with van der Waals surface area (Å²) < 4.78 is 10.8. The largest absolute Gasteiger partial charge is 0.496 e. The van der Waals surface area contributed by atoms with Crippen LogP contribution in [0.3, 0.4) is 0 Å². The number of ether oxygens (including phenoxy) is 2. The molecule has 1 aromatic rings. The molecule has 0 spiro atoms. The summed E-state index contributed by atoms with van der Waals surface area (Å²) in [5.41, 5.74) is 0.446. The maximum absolute atomic E-state index is 10.3. The first-order valence-corrected chi connectivity index (χ1v) is 6.13. The summed E-state index contributed by atoms with van der Waals surface area (Å²) in [6, 6.07) is 7.85. The summed E-state index contributed by atoms with van der Waals surface area (Å²) in [7, 11) is 1.66. The Bertz CT molecular complexity index is 369. The van der Waals surface area contributed by atoms with E-state index in [-0.39, 0.29) is 6.10 Å². The van der Waals surface area contributed by atoms with Gasteiger partial charge in [0, 0.05) is 25.9 Å². The molecule has 2 rings (SSSR count). The van der Waals surface area contributed by atoms with Crippen molar-refractivity contribution < 1.29 is 14.6 Å². The lowest BCUT2D eigenvalue weighted by molar-refractivity contribution is -0.136. The Balaban J connectivity index is 1.97. The number of hydrogen-bond donors (Lipinski definition) is 1. The zero-order valence-electron chi connectivity index (χ0n) is 10.5. The highest BCUT2D eigenvalue weighted by Gasteiger charge is 2.43. The van der Waals surface area contributed by atoms with Gasteiger partial charge in [0.1, 0.15) is 5.75 Å². The van der Waals surface area contributed by atoms with Crippen LogP contribution in [0.4, 0.5) is 0 Å².